The Morgan fingerprint density at radius 2 is 2.27 bits per heavy atom. The summed E-state index contributed by atoms with van der Waals surface area (Å²) in [6.07, 6.45) is 3.06. The molecule has 0 fully saturated rings. The number of aromatic nitrogens is 4. The Kier molecular flexibility index (Phi) is 1.06. The Labute approximate surface area is 61.9 Å². The molecule has 0 atom stereocenters. The van der Waals surface area contributed by atoms with E-state index in [1.807, 2.05) is 0 Å². The third-order valence-electron chi connectivity index (χ3n) is 1.52. The summed E-state index contributed by atoms with van der Waals surface area (Å²) in [7, 11) is 1.61. The fourth-order valence-electron chi connectivity index (χ4n) is 0.920. The molecule has 0 aromatic carbocycles. The van der Waals surface area contributed by atoms with Crippen LogP contribution in [0.15, 0.2) is 23.4 Å². The maximum Gasteiger partial charge on any atom is 0.292 e. The van der Waals surface area contributed by atoms with Crippen LogP contribution in [0, 0.1) is 0 Å². The molecule has 0 N–H and O–H groups in total. The molecule has 0 saturated carbocycles. The molecule has 5 heteroatoms. The standard InChI is InChI=1S/C6H6N4O/c1-9-6(11)5-2-3-7-10(5)4-8-9/h2-4H,1H3. The Morgan fingerprint density at radius 3 is 3.09 bits per heavy atom. The van der Waals surface area contributed by atoms with Crippen molar-refractivity contribution in [3.8, 4) is 0 Å². The summed E-state index contributed by atoms with van der Waals surface area (Å²) in [6.45, 7) is 0. The molecule has 0 amide bonds. The average Bonchev–Trinajstić information content (AvgIpc) is 2.45. The lowest BCUT2D eigenvalue weighted by atomic mass is 10.5. The van der Waals surface area contributed by atoms with Crippen LogP contribution in [0.1, 0.15) is 0 Å². The second kappa shape index (κ2) is 1.91. The van der Waals surface area contributed by atoms with Gasteiger partial charge in [-0.2, -0.15) is 10.2 Å². The molecule has 2 aromatic rings. The van der Waals surface area contributed by atoms with Crippen LogP contribution in [-0.4, -0.2) is 19.4 Å². The average molecular weight is 150 g/mol. The van der Waals surface area contributed by atoms with Crippen LogP contribution in [0.2, 0.25) is 0 Å². The molecule has 0 aliphatic rings. The minimum absolute atomic E-state index is 0.134. The zero-order chi connectivity index (χ0) is 7.84. The van der Waals surface area contributed by atoms with Gasteiger partial charge in [0.15, 0.2) is 0 Å². The van der Waals surface area contributed by atoms with Crippen molar-refractivity contribution >= 4 is 5.52 Å². The van der Waals surface area contributed by atoms with Gasteiger partial charge in [0.05, 0.1) is 6.20 Å². The summed E-state index contributed by atoms with van der Waals surface area (Å²) in [4.78, 5) is 11.2. The van der Waals surface area contributed by atoms with E-state index in [2.05, 4.69) is 10.2 Å². The van der Waals surface area contributed by atoms with Gasteiger partial charge in [0.25, 0.3) is 5.56 Å². The van der Waals surface area contributed by atoms with Crippen molar-refractivity contribution in [2.45, 2.75) is 0 Å². The van der Waals surface area contributed by atoms with Gasteiger partial charge in [0, 0.05) is 7.05 Å². The van der Waals surface area contributed by atoms with E-state index in [1.165, 1.54) is 15.5 Å². The number of aryl methyl sites for hydroxylation is 1. The van der Waals surface area contributed by atoms with Crippen molar-refractivity contribution in [3.05, 3.63) is 28.9 Å². The zero-order valence-electron chi connectivity index (χ0n) is 5.93. The Hall–Kier alpha value is -1.65. The number of rotatable bonds is 0. The highest BCUT2D eigenvalue weighted by molar-refractivity contribution is 5.41. The van der Waals surface area contributed by atoms with Gasteiger partial charge >= 0.3 is 0 Å². The van der Waals surface area contributed by atoms with E-state index >= 15 is 0 Å². The minimum atomic E-state index is -0.134. The minimum Gasteiger partial charge on any atom is -0.265 e. The monoisotopic (exact) mass is 150 g/mol. The van der Waals surface area contributed by atoms with Crippen LogP contribution in [0.3, 0.4) is 0 Å². The van der Waals surface area contributed by atoms with E-state index in [1.54, 1.807) is 19.3 Å². The molecular formula is C6H6N4O. The smallest absolute Gasteiger partial charge is 0.265 e. The highest BCUT2D eigenvalue weighted by atomic mass is 16.1. The molecule has 0 bridgehead atoms. The van der Waals surface area contributed by atoms with Crippen molar-refractivity contribution in [3.63, 3.8) is 0 Å². The van der Waals surface area contributed by atoms with E-state index in [0.29, 0.717) is 5.52 Å². The van der Waals surface area contributed by atoms with Gasteiger partial charge in [-0.3, -0.25) is 4.79 Å². The van der Waals surface area contributed by atoms with Crippen molar-refractivity contribution in [2.75, 3.05) is 0 Å². The molecular weight excluding hydrogens is 144 g/mol. The molecule has 0 aliphatic carbocycles. The lowest BCUT2D eigenvalue weighted by Crippen LogP contribution is -2.21. The van der Waals surface area contributed by atoms with Crippen LogP contribution in [0.4, 0.5) is 0 Å². The largest absolute Gasteiger partial charge is 0.292 e. The Morgan fingerprint density at radius 1 is 1.45 bits per heavy atom. The molecule has 2 heterocycles. The van der Waals surface area contributed by atoms with Crippen LogP contribution in [0.5, 0.6) is 0 Å². The zero-order valence-corrected chi connectivity index (χ0v) is 5.93. The highest BCUT2D eigenvalue weighted by Gasteiger charge is 1.98. The second-order valence-corrected chi connectivity index (χ2v) is 2.22. The van der Waals surface area contributed by atoms with E-state index in [9.17, 15) is 4.79 Å². The Balaban J connectivity index is 3.05. The van der Waals surface area contributed by atoms with Crippen LogP contribution in [-0.2, 0) is 7.05 Å². The molecule has 5 nitrogen and oxygen atoms in total. The molecule has 11 heavy (non-hydrogen) atoms. The molecule has 0 spiro atoms. The SMILES string of the molecule is Cn1ncn2nccc2c1=O. The first kappa shape index (κ1) is 6.09. The normalized spacial score (nSPS) is 10.6. The van der Waals surface area contributed by atoms with Gasteiger partial charge in [-0.15, -0.1) is 0 Å². The summed E-state index contributed by atoms with van der Waals surface area (Å²) in [5.41, 5.74) is 0.410. The van der Waals surface area contributed by atoms with E-state index in [0.717, 1.165) is 0 Å². The van der Waals surface area contributed by atoms with Crippen LogP contribution < -0.4 is 5.56 Å². The third kappa shape index (κ3) is 0.739. The summed E-state index contributed by atoms with van der Waals surface area (Å²) in [6, 6.07) is 1.66. The lowest BCUT2D eigenvalue weighted by Gasteiger charge is -1.94. The van der Waals surface area contributed by atoms with E-state index in [4.69, 9.17) is 0 Å². The van der Waals surface area contributed by atoms with Crippen molar-refractivity contribution < 1.29 is 0 Å². The summed E-state index contributed by atoms with van der Waals surface area (Å²) in [5.74, 6) is 0. The van der Waals surface area contributed by atoms with E-state index < -0.39 is 0 Å². The van der Waals surface area contributed by atoms with Crippen molar-refractivity contribution in [2.24, 2.45) is 7.05 Å². The number of hydrogen-bond acceptors (Lipinski definition) is 3. The molecule has 0 saturated heterocycles. The molecule has 56 valence electrons. The van der Waals surface area contributed by atoms with Crippen molar-refractivity contribution in [1.82, 2.24) is 19.4 Å². The van der Waals surface area contributed by atoms with E-state index in [-0.39, 0.29) is 5.56 Å². The molecule has 0 radical (unpaired) electrons. The van der Waals surface area contributed by atoms with Crippen LogP contribution >= 0.6 is 0 Å². The molecule has 0 aliphatic heterocycles. The lowest BCUT2D eigenvalue weighted by molar-refractivity contribution is 0.676. The highest BCUT2D eigenvalue weighted by Crippen LogP contribution is 1.89. The van der Waals surface area contributed by atoms with Crippen molar-refractivity contribution in [1.29, 1.82) is 0 Å². The predicted molar refractivity (Wildman–Crippen MR) is 38.2 cm³/mol. The molecule has 0 unspecified atom stereocenters. The maximum absolute atomic E-state index is 11.2. The quantitative estimate of drug-likeness (QED) is 0.505. The Bertz CT molecular complexity index is 441. The second-order valence-electron chi connectivity index (χ2n) is 2.22. The first-order chi connectivity index (χ1) is 5.29. The van der Waals surface area contributed by atoms with Crippen LogP contribution in [0.25, 0.3) is 5.52 Å². The van der Waals surface area contributed by atoms with Gasteiger partial charge in [0.2, 0.25) is 0 Å². The molecule has 2 rings (SSSR count). The topological polar surface area (TPSA) is 52.2 Å². The molecule has 2 aromatic heterocycles. The van der Waals surface area contributed by atoms with Gasteiger partial charge in [-0.05, 0) is 6.07 Å². The maximum atomic E-state index is 11.2. The summed E-state index contributed by atoms with van der Waals surface area (Å²) >= 11 is 0. The number of hydrogen-bond donors (Lipinski definition) is 0. The van der Waals surface area contributed by atoms with Gasteiger partial charge in [0.1, 0.15) is 11.8 Å². The fourth-order valence-corrected chi connectivity index (χ4v) is 0.920. The number of fused-ring (bicyclic) bond motifs is 1. The van der Waals surface area contributed by atoms with Gasteiger partial charge < -0.3 is 0 Å². The number of nitrogens with zero attached hydrogens (tertiary/aromatic N) is 4. The predicted octanol–water partition coefficient (Wildman–Crippen LogP) is -0.572. The fraction of sp³-hybridized carbons (Fsp3) is 0.167. The summed E-state index contributed by atoms with van der Waals surface area (Å²) in [5, 5.41) is 7.65. The first-order valence-electron chi connectivity index (χ1n) is 3.15. The first-order valence-corrected chi connectivity index (χ1v) is 3.15. The summed E-state index contributed by atoms with van der Waals surface area (Å²) < 4.78 is 2.72. The third-order valence-corrected chi connectivity index (χ3v) is 1.52. The van der Waals surface area contributed by atoms with Gasteiger partial charge in [-0.1, -0.05) is 0 Å². The van der Waals surface area contributed by atoms with Gasteiger partial charge in [-0.25, -0.2) is 9.20 Å².